The molecule has 2 aromatic heterocycles. The van der Waals surface area contributed by atoms with Gasteiger partial charge in [0.15, 0.2) is 0 Å². The average molecular weight is 310 g/mol. The summed E-state index contributed by atoms with van der Waals surface area (Å²) < 4.78 is 1.68. The van der Waals surface area contributed by atoms with Crippen LogP contribution in [-0.4, -0.2) is 27.7 Å². The highest BCUT2D eigenvalue weighted by atomic mass is 35.5. The summed E-state index contributed by atoms with van der Waals surface area (Å²) in [7, 11) is 3.58. The van der Waals surface area contributed by atoms with Gasteiger partial charge in [0, 0.05) is 31.2 Å². The molecule has 0 spiro atoms. The Morgan fingerprint density at radius 1 is 1.33 bits per heavy atom. The Hall–Kier alpha value is -1.92. The van der Waals surface area contributed by atoms with Crippen LogP contribution in [0.25, 0.3) is 0 Å². The Balaban J connectivity index is 0.00000220. The molecule has 7 heteroatoms. The van der Waals surface area contributed by atoms with E-state index in [0.29, 0.717) is 0 Å². The number of carbonyl (C=O) groups excluding carboxylic acids is 1. The number of hydrogen-bond acceptors (Lipinski definition) is 4. The van der Waals surface area contributed by atoms with E-state index in [1.54, 1.807) is 30.3 Å². The summed E-state index contributed by atoms with van der Waals surface area (Å²) in [6, 6.07) is 3.29. The second-order valence-corrected chi connectivity index (χ2v) is 4.69. The third-order valence-corrected chi connectivity index (χ3v) is 3.15. The van der Waals surface area contributed by atoms with Gasteiger partial charge in [0.2, 0.25) is 5.91 Å². The number of halogens is 1. The summed E-state index contributed by atoms with van der Waals surface area (Å²) in [4.78, 5) is 16.4. The SMILES string of the molecule is CNC(C(=O)NC(C)c1cccnc1)c1cnn(C)c1.Cl. The lowest BCUT2D eigenvalue weighted by Gasteiger charge is -2.19. The molecule has 1 amide bonds. The van der Waals surface area contributed by atoms with Gasteiger partial charge in [0.25, 0.3) is 0 Å². The summed E-state index contributed by atoms with van der Waals surface area (Å²) in [6.07, 6.45) is 6.98. The van der Waals surface area contributed by atoms with Crippen LogP contribution in [0.15, 0.2) is 36.9 Å². The summed E-state index contributed by atoms with van der Waals surface area (Å²) in [6.45, 7) is 1.94. The van der Waals surface area contributed by atoms with Crippen molar-refractivity contribution in [3.8, 4) is 0 Å². The van der Waals surface area contributed by atoms with Gasteiger partial charge in [-0.1, -0.05) is 6.07 Å². The van der Waals surface area contributed by atoms with Crippen LogP contribution in [0.2, 0.25) is 0 Å². The van der Waals surface area contributed by atoms with Crippen LogP contribution in [0, 0.1) is 0 Å². The Labute approximate surface area is 130 Å². The summed E-state index contributed by atoms with van der Waals surface area (Å²) in [5, 5.41) is 10.1. The van der Waals surface area contributed by atoms with Crippen molar-refractivity contribution in [2.75, 3.05) is 7.05 Å². The first-order valence-electron chi connectivity index (χ1n) is 6.48. The first kappa shape index (κ1) is 17.1. The lowest BCUT2D eigenvalue weighted by molar-refractivity contribution is -0.123. The third-order valence-electron chi connectivity index (χ3n) is 3.15. The Bertz CT molecular complexity index is 572. The van der Waals surface area contributed by atoms with Gasteiger partial charge in [0.1, 0.15) is 6.04 Å². The molecular weight excluding hydrogens is 290 g/mol. The van der Waals surface area contributed by atoms with Crippen LogP contribution >= 0.6 is 12.4 Å². The lowest BCUT2D eigenvalue weighted by atomic mass is 10.1. The highest BCUT2D eigenvalue weighted by Gasteiger charge is 2.21. The molecule has 0 bridgehead atoms. The molecule has 2 unspecified atom stereocenters. The highest BCUT2D eigenvalue weighted by molar-refractivity contribution is 5.85. The molecule has 114 valence electrons. The largest absolute Gasteiger partial charge is 0.348 e. The van der Waals surface area contributed by atoms with Crippen molar-refractivity contribution < 1.29 is 4.79 Å². The average Bonchev–Trinajstić information content (AvgIpc) is 2.87. The molecule has 21 heavy (non-hydrogen) atoms. The predicted molar refractivity (Wildman–Crippen MR) is 83.1 cm³/mol. The molecule has 2 aromatic rings. The van der Waals surface area contributed by atoms with Gasteiger partial charge < -0.3 is 10.6 Å². The van der Waals surface area contributed by atoms with Gasteiger partial charge in [-0.3, -0.25) is 14.5 Å². The van der Waals surface area contributed by atoms with E-state index < -0.39 is 6.04 Å². The summed E-state index contributed by atoms with van der Waals surface area (Å²) in [5.74, 6) is -0.0862. The van der Waals surface area contributed by atoms with Gasteiger partial charge in [-0.05, 0) is 25.6 Å². The molecule has 0 saturated heterocycles. The third kappa shape index (κ3) is 4.27. The molecule has 0 radical (unpaired) electrons. The maximum absolute atomic E-state index is 12.3. The van der Waals surface area contributed by atoms with Crippen molar-refractivity contribution in [3.05, 3.63) is 48.0 Å². The van der Waals surface area contributed by atoms with Crippen molar-refractivity contribution in [2.45, 2.75) is 19.0 Å². The van der Waals surface area contributed by atoms with E-state index in [9.17, 15) is 4.79 Å². The first-order valence-corrected chi connectivity index (χ1v) is 6.48. The zero-order chi connectivity index (χ0) is 14.5. The number of likely N-dealkylation sites (N-methyl/N-ethyl adjacent to an activating group) is 1. The Kier molecular flexibility index (Phi) is 6.33. The molecule has 2 heterocycles. The Morgan fingerprint density at radius 3 is 2.62 bits per heavy atom. The Morgan fingerprint density at radius 2 is 2.10 bits per heavy atom. The molecule has 0 fully saturated rings. The quantitative estimate of drug-likeness (QED) is 0.875. The number of carbonyl (C=O) groups is 1. The maximum Gasteiger partial charge on any atom is 0.242 e. The lowest BCUT2D eigenvalue weighted by Crippen LogP contribution is -2.37. The number of nitrogens with zero attached hydrogens (tertiary/aromatic N) is 3. The summed E-state index contributed by atoms with van der Waals surface area (Å²) in [5.41, 5.74) is 1.81. The minimum atomic E-state index is -0.414. The van der Waals surface area contributed by atoms with Gasteiger partial charge in [-0.2, -0.15) is 5.10 Å². The van der Waals surface area contributed by atoms with Gasteiger partial charge in [0.05, 0.1) is 12.2 Å². The molecule has 2 rings (SSSR count). The van der Waals surface area contributed by atoms with Crippen LogP contribution in [0.5, 0.6) is 0 Å². The standard InChI is InChI=1S/C14H19N5O.ClH/c1-10(11-5-4-6-16-7-11)18-14(20)13(15-2)12-8-17-19(3)9-12;/h4-10,13,15H,1-3H3,(H,18,20);1H. The van der Waals surface area contributed by atoms with E-state index in [0.717, 1.165) is 11.1 Å². The van der Waals surface area contributed by atoms with E-state index in [4.69, 9.17) is 0 Å². The van der Waals surface area contributed by atoms with Crippen LogP contribution < -0.4 is 10.6 Å². The van der Waals surface area contributed by atoms with Crippen LogP contribution in [0.3, 0.4) is 0 Å². The minimum absolute atomic E-state index is 0. The molecule has 0 saturated carbocycles. The van der Waals surface area contributed by atoms with Crippen molar-refractivity contribution in [2.24, 2.45) is 7.05 Å². The second kappa shape index (κ2) is 7.75. The van der Waals surface area contributed by atoms with E-state index in [-0.39, 0.29) is 24.4 Å². The normalized spacial score (nSPS) is 13.1. The van der Waals surface area contributed by atoms with E-state index >= 15 is 0 Å². The molecular formula is C14H20ClN5O. The molecule has 0 aliphatic rings. The first-order chi connectivity index (χ1) is 9.61. The number of amides is 1. The van der Waals surface area contributed by atoms with Crippen molar-refractivity contribution in [1.82, 2.24) is 25.4 Å². The number of pyridine rings is 1. The second-order valence-electron chi connectivity index (χ2n) is 4.69. The van der Waals surface area contributed by atoms with Gasteiger partial charge in [-0.15, -0.1) is 12.4 Å². The fourth-order valence-corrected chi connectivity index (χ4v) is 2.05. The monoisotopic (exact) mass is 309 g/mol. The molecule has 6 nitrogen and oxygen atoms in total. The van der Waals surface area contributed by atoms with E-state index in [1.165, 1.54) is 0 Å². The van der Waals surface area contributed by atoms with Crippen molar-refractivity contribution in [1.29, 1.82) is 0 Å². The van der Waals surface area contributed by atoms with Crippen molar-refractivity contribution >= 4 is 18.3 Å². The van der Waals surface area contributed by atoms with Crippen LogP contribution in [-0.2, 0) is 11.8 Å². The fraction of sp³-hybridized carbons (Fsp3) is 0.357. The summed E-state index contributed by atoms with van der Waals surface area (Å²) >= 11 is 0. The molecule has 2 atom stereocenters. The molecule has 2 N–H and O–H groups in total. The molecule has 0 aliphatic carbocycles. The number of aromatic nitrogens is 3. The van der Waals surface area contributed by atoms with Crippen molar-refractivity contribution in [3.63, 3.8) is 0 Å². The predicted octanol–water partition coefficient (Wildman–Crippen LogP) is 1.37. The van der Waals surface area contributed by atoms with Crippen LogP contribution in [0.1, 0.15) is 30.1 Å². The highest BCUT2D eigenvalue weighted by Crippen LogP contribution is 2.15. The maximum atomic E-state index is 12.3. The smallest absolute Gasteiger partial charge is 0.242 e. The van der Waals surface area contributed by atoms with Gasteiger partial charge >= 0.3 is 0 Å². The molecule has 0 aromatic carbocycles. The number of aryl methyl sites for hydroxylation is 1. The van der Waals surface area contributed by atoms with Crippen LogP contribution in [0.4, 0.5) is 0 Å². The number of hydrogen-bond donors (Lipinski definition) is 2. The zero-order valence-corrected chi connectivity index (χ0v) is 13.1. The van der Waals surface area contributed by atoms with E-state index in [2.05, 4.69) is 20.7 Å². The number of nitrogens with one attached hydrogen (secondary N) is 2. The topological polar surface area (TPSA) is 71.8 Å². The minimum Gasteiger partial charge on any atom is -0.348 e. The van der Waals surface area contributed by atoms with E-state index in [1.807, 2.05) is 32.3 Å². The fourth-order valence-electron chi connectivity index (χ4n) is 2.05. The molecule has 0 aliphatic heterocycles. The number of rotatable bonds is 5. The zero-order valence-electron chi connectivity index (χ0n) is 12.3. The van der Waals surface area contributed by atoms with Gasteiger partial charge in [-0.25, -0.2) is 0 Å².